The van der Waals surface area contributed by atoms with Crippen molar-refractivity contribution in [2.45, 2.75) is 18.9 Å². The van der Waals surface area contributed by atoms with Crippen LogP contribution in [-0.2, 0) is 4.79 Å². The van der Waals surface area contributed by atoms with Crippen molar-refractivity contribution in [3.63, 3.8) is 0 Å². The highest BCUT2D eigenvalue weighted by Crippen LogP contribution is 2.23. The molecule has 2 aromatic carbocycles. The number of hydrogen-bond acceptors (Lipinski definition) is 3. The van der Waals surface area contributed by atoms with Crippen molar-refractivity contribution in [2.75, 3.05) is 24.5 Å². The van der Waals surface area contributed by atoms with E-state index in [0.717, 1.165) is 25.1 Å². The minimum atomic E-state index is -0.740. The maximum absolute atomic E-state index is 12.1. The summed E-state index contributed by atoms with van der Waals surface area (Å²) < 4.78 is 0. The Bertz CT molecular complexity index is 645. The third-order valence-corrected chi connectivity index (χ3v) is 4.56. The van der Waals surface area contributed by atoms with Gasteiger partial charge in [0.25, 0.3) is 0 Å². The molecule has 0 bridgehead atoms. The van der Waals surface area contributed by atoms with Gasteiger partial charge in [0.15, 0.2) is 0 Å². The molecule has 1 saturated heterocycles. The van der Waals surface area contributed by atoms with Crippen molar-refractivity contribution in [1.29, 1.82) is 0 Å². The van der Waals surface area contributed by atoms with Gasteiger partial charge in [0.2, 0.25) is 5.91 Å². The van der Waals surface area contributed by atoms with Crippen molar-refractivity contribution >= 4 is 11.6 Å². The third-order valence-electron chi connectivity index (χ3n) is 4.56. The molecule has 0 spiro atoms. The van der Waals surface area contributed by atoms with Gasteiger partial charge in [-0.3, -0.25) is 4.79 Å². The molecule has 0 aliphatic carbocycles. The van der Waals surface area contributed by atoms with Gasteiger partial charge in [0.1, 0.15) is 0 Å². The fourth-order valence-electron chi connectivity index (χ4n) is 3.17. The molecule has 2 atom stereocenters. The number of hydrogen-bond donors (Lipinski definition) is 2. The normalized spacial score (nSPS) is 18.4. The average Bonchev–Trinajstić information content (AvgIpc) is 3.10. The zero-order chi connectivity index (χ0) is 16.8. The van der Waals surface area contributed by atoms with E-state index in [0.29, 0.717) is 12.5 Å². The van der Waals surface area contributed by atoms with E-state index in [1.165, 1.54) is 5.69 Å². The van der Waals surface area contributed by atoms with Gasteiger partial charge in [-0.2, -0.15) is 0 Å². The molecular formula is C20H24N2O2. The van der Waals surface area contributed by atoms with E-state index < -0.39 is 6.10 Å². The second-order valence-corrected chi connectivity index (χ2v) is 6.37. The highest BCUT2D eigenvalue weighted by molar-refractivity contribution is 5.76. The minimum Gasteiger partial charge on any atom is -0.388 e. The number of nitrogens with zero attached hydrogens (tertiary/aromatic N) is 1. The number of amides is 1. The number of rotatable bonds is 6. The number of benzene rings is 2. The molecule has 4 heteroatoms. The summed E-state index contributed by atoms with van der Waals surface area (Å²) in [5, 5.41) is 13.1. The monoisotopic (exact) mass is 324 g/mol. The molecule has 1 fully saturated rings. The van der Waals surface area contributed by atoms with Crippen LogP contribution in [0, 0.1) is 5.92 Å². The highest BCUT2D eigenvalue weighted by atomic mass is 16.3. The first-order chi connectivity index (χ1) is 11.7. The Morgan fingerprint density at radius 1 is 1.12 bits per heavy atom. The molecule has 1 amide bonds. The van der Waals surface area contributed by atoms with Crippen LogP contribution in [0.3, 0.4) is 0 Å². The van der Waals surface area contributed by atoms with Gasteiger partial charge in [-0.25, -0.2) is 0 Å². The molecule has 0 saturated carbocycles. The highest BCUT2D eigenvalue weighted by Gasteiger charge is 2.23. The number of nitrogens with one attached hydrogen (secondary N) is 1. The zero-order valence-corrected chi connectivity index (χ0v) is 13.8. The van der Waals surface area contributed by atoms with Crippen LogP contribution in [0.1, 0.15) is 24.5 Å². The van der Waals surface area contributed by atoms with Crippen molar-refractivity contribution in [3.8, 4) is 0 Å². The summed E-state index contributed by atoms with van der Waals surface area (Å²) in [7, 11) is 0. The summed E-state index contributed by atoms with van der Waals surface area (Å²) in [4.78, 5) is 14.4. The standard InChI is InChI=1S/C20H24N2O2/c23-19(17-7-3-1-4-8-17)13-20(24)21-14-16-11-12-22(15-16)18-9-5-2-6-10-18/h1-10,16,19,23H,11-15H2,(H,21,24). The lowest BCUT2D eigenvalue weighted by Crippen LogP contribution is -2.31. The molecule has 4 nitrogen and oxygen atoms in total. The lowest BCUT2D eigenvalue weighted by molar-refractivity contribution is -0.123. The fourth-order valence-corrected chi connectivity index (χ4v) is 3.17. The lowest BCUT2D eigenvalue weighted by Gasteiger charge is -2.19. The van der Waals surface area contributed by atoms with E-state index in [1.807, 2.05) is 36.4 Å². The topological polar surface area (TPSA) is 52.6 Å². The first-order valence-corrected chi connectivity index (χ1v) is 8.52. The maximum Gasteiger partial charge on any atom is 0.222 e. The number of anilines is 1. The quantitative estimate of drug-likeness (QED) is 0.859. The molecule has 2 aromatic rings. The molecule has 1 aliphatic rings. The summed E-state index contributed by atoms with van der Waals surface area (Å²) in [6, 6.07) is 19.7. The molecule has 2 unspecified atom stereocenters. The lowest BCUT2D eigenvalue weighted by atomic mass is 10.1. The van der Waals surface area contributed by atoms with Crippen LogP contribution in [0.4, 0.5) is 5.69 Å². The van der Waals surface area contributed by atoms with Gasteiger partial charge in [0, 0.05) is 25.3 Å². The number of para-hydroxylation sites is 1. The molecular weight excluding hydrogens is 300 g/mol. The molecule has 3 rings (SSSR count). The minimum absolute atomic E-state index is 0.0930. The first kappa shape index (κ1) is 16.5. The van der Waals surface area contributed by atoms with E-state index in [4.69, 9.17) is 0 Å². The van der Waals surface area contributed by atoms with Crippen molar-refractivity contribution in [3.05, 3.63) is 66.2 Å². The van der Waals surface area contributed by atoms with Crippen LogP contribution < -0.4 is 10.2 Å². The van der Waals surface area contributed by atoms with E-state index >= 15 is 0 Å². The van der Waals surface area contributed by atoms with Crippen molar-refractivity contribution < 1.29 is 9.90 Å². The van der Waals surface area contributed by atoms with E-state index in [-0.39, 0.29) is 12.3 Å². The predicted molar refractivity (Wildman–Crippen MR) is 95.8 cm³/mol. The number of carbonyl (C=O) groups is 1. The van der Waals surface area contributed by atoms with E-state index in [2.05, 4.69) is 34.5 Å². The number of aliphatic hydroxyl groups is 1. The van der Waals surface area contributed by atoms with E-state index in [9.17, 15) is 9.90 Å². The van der Waals surface area contributed by atoms with Gasteiger partial charge in [0.05, 0.1) is 12.5 Å². The molecule has 126 valence electrons. The van der Waals surface area contributed by atoms with Crippen LogP contribution in [-0.4, -0.2) is 30.6 Å². The Morgan fingerprint density at radius 3 is 2.50 bits per heavy atom. The van der Waals surface area contributed by atoms with Crippen LogP contribution in [0.5, 0.6) is 0 Å². The number of aliphatic hydroxyl groups excluding tert-OH is 1. The summed E-state index contributed by atoms with van der Waals surface area (Å²) in [6.45, 7) is 2.66. The zero-order valence-electron chi connectivity index (χ0n) is 13.8. The Hall–Kier alpha value is -2.33. The second kappa shape index (κ2) is 7.97. The Kier molecular flexibility index (Phi) is 5.49. The second-order valence-electron chi connectivity index (χ2n) is 6.37. The average molecular weight is 324 g/mol. The Morgan fingerprint density at radius 2 is 1.79 bits per heavy atom. The molecule has 0 radical (unpaired) electrons. The summed E-state index contributed by atoms with van der Waals surface area (Å²) in [5.74, 6) is 0.368. The van der Waals surface area contributed by atoms with Gasteiger partial charge in [-0.05, 0) is 30.0 Å². The fraction of sp³-hybridized carbons (Fsp3) is 0.350. The smallest absolute Gasteiger partial charge is 0.222 e. The largest absolute Gasteiger partial charge is 0.388 e. The summed E-state index contributed by atoms with van der Waals surface area (Å²) >= 11 is 0. The van der Waals surface area contributed by atoms with Gasteiger partial charge < -0.3 is 15.3 Å². The van der Waals surface area contributed by atoms with Gasteiger partial charge >= 0.3 is 0 Å². The first-order valence-electron chi connectivity index (χ1n) is 8.52. The molecule has 1 aliphatic heterocycles. The summed E-state index contributed by atoms with van der Waals surface area (Å²) in [5.41, 5.74) is 2.02. The van der Waals surface area contributed by atoms with Crippen molar-refractivity contribution in [1.82, 2.24) is 5.32 Å². The Labute approximate surface area is 143 Å². The van der Waals surface area contributed by atoms with E-state index in [1.54, 1.807) is 0 Å². The van der Waals surface area contributed by atoms with Crippen LogP contribution in [0.2, 0.25) is 0 Å². The number of carbonyl (C=O) groups excluding carboxylic acids is 1. The molecule has 2 N–H and O–H groups in total. The molecule has 24 heavy (non-hydrogen) atoms. The van der Waals surface area contributed by atoms with Gasteiger partial charge in [-0.1, -0.05) is 48.5 Å². The maximum atomic E-state index is 12.1. The summed E-state index contributed by atoms with van der Waals surface area (Å²) in [6.07, 6.45) is 0.450. The predicted octanol–water partition coefficient (Wildman–Crippen LogP) is 2.75. The third kappa shape index (κ3) is 4.36. The van der Waals surface area contributed by atoms with Crippen LogP contribution in [0.25, 0.3) is 0 Å². The van der Waals surface area contributed by atoms with Crippen molar-refractivity contribution in [2.24, 2.45) is 5.92 Å². The Balaban J connectivity index is 1.42. The molecule has 0 aromatic heterocycles. The van der Waals surface area contributed by atoms with Gasteiger partial charge in [-0.15, -0.1) is 0 Å². The van der Waals surface area contributed by atoms with Crippen LogP contribution >= 0.6 is 0 Å². The molecule has 1 heterocycles. The SMILES string of the molecule is O=C(CC(O)c1ccccc1)NCC1CCN(c2ccccc2)C1. The van der Waals surface area contributed by atoms with Crippen LogP contribution in [0.15, 0.2) is 60.7 Å².